The molecule has 0 saturated carbocycles. The smallest absolute Gasteiger partial charge is 0.307 e. The minimum atomic E-state index is -0.934. The molecule has 1 aromatic carbocycles. The van der Waals surface area contributed by atoms with Crippen molar-refractivity contribution in [1.29, 1.82) is 0 Å². The summed E-state index contributed by atoms with van der Waals surface area (Å²) in [6, 6.07) is 4.68. The highest BCUT2D eigenvalue weighted by Crippen LogP contribution is 2.23. The van der Waals surface area contributed by atoms with Crippen molar-refractivity contribution in [3.63, 3.8) is 0 Å². The van der Waals surface area contributed by atoms with E-state index in [2.05, 4.69) is 5.10 Å². The standard InChI is InChI=1S/C14H15N3O4/c1-8-4-11(6-12(5-8)17(20)21)16-10(3)13(7-14(18)19)9(2)15-16/h4-6H,7H2,1-3H3,(H,18,19). The number of hydrogen-bond donors (Lipinski definition) is 1. The summed E-state index contributed by atoms with van der Waals surface area (Å²) >= 11 is 0. The van der Waals surface area contributed by atoms with Crippen molar-refractivity contribution in [3.05, 3.63) is 50.8 Å². The average molecular weight is 289 g/mol. The molecule has 7 heteroatoms. The van der Waals surface area contributed by atoms with Gasteiger partial charge in [0.1, 0.15) is 0 Å². The molecule has 1 N–H and O–H groups in total. The number of nitrogens with zero attached hydrogens (tertiary/aromatic N) is 3. The molecular weight excluding hydrogens is 274 g/mol. The number of aromatic nitrogens is 2. The first-order valence-corrected chi connectivity index (χ1v) is 6.33. The second-order valence-electron chi connectivity index (χ2n) is 4.92. The molecule has 1 aromatic heterocycles. The van der Waals surface area contributed by atoms with Gasteiger partial charge in [0.25, 0.3) is 5.69 Å². The Bertz CT molecular complexity index is 734. The molecule has 21 heavy (non-hydrogen) atoms. The molecule has 7 nitrogen and oxygen atoms in total. The SMILES string of the molecule is Cc1cc(-n2nc(C)c(CC(=O)O)c2C)cc([N+](=O)[O-])c1. The lowest BCUT2D eigenvalue weighted by atomic mass is 10.1. The van der Waals surface area contributed by atoms with Gasteiger partial charge < -0.3 is 5.11 Å². The molecule has 0 radical (unpaired) electrons. The third-order valence-corrected chi connectivity index (χ3v) is 3.27. The van der Waals surface area contributed by atoms with Crippen LogP contribution < -0.4 is 0 Å². The zero-order valence-electron chi connectivity index (χ0n) is 12.0. The van der Waals surface area contributed by atoms with Gasteiger partial charge in [-0.15, -0.1) is 0 Å². The lowest BCUT2D eigenvalue weighted by molar-refractivity contribution is -0.384. The van der Waals surface area contributed by atoms with E-state index in [0.717, 1.165) is 5.56 Å². The third-order valence-electron chi connectivity index (χ3n) is 3.27. The summed E-state index contributed by atoms with van der Waals surface area (Å²) in [6.45, 7) is 5.25. The topological polar surface area (TPSA) is 98.3 Å². The maximum atomic E-state index is 10.9. The van der Waals surface area contributed by atoms with Gasteiger partial charge in [-0.3, -0.25) is 14.9 Å². The van der Waals surface area contributed by atoms with E-state index < -0.39 is 10.9 Å². The highest BCUT2D eigenvalue weighted by Gasteiger charge is 2.17. The highest BCUT2D eigenvalue weighted by atomic mass is 16.6. The number of carboxylic acids is 1. The Kier molecular flexibility index (Phi) is 3.75. The third kappa shape index (κ3) is 2.91. The van der Waals surface area contributed by atoms with Gasteiger partial charge in [-0.05, 0) is 32.4 Å². The molecule has 0 spiro atoms. The molecule has 2 rings (SSSR count). The van der Waals surface area contributed by atoms with Crippen LogP contribution >= 0.6 is 0 Å². The van der Waals surface area contributed by atoms with Crippen molar-refractivity contribution in [3.8, 4) is 5.69 Å². The van der Waals surface area contributed by atoms with Crippen molar-refractivity contribution < 1.29 is 14.8 Å². The van der Waals surface area contributed by atoms with Crippen LogP contribution in [0.1, 0.15) is 22.5 Å². The molecule has 110 valence electrons. The Morgan fingerprint density at radius 3 is 2.57 bits per heavy atom. The van der Waals surface area contributed by atoms with Gasteiger partial charge in [-0.2, -0.15) is 5.10 Å². The predicted octanol–water partition coefficient (Wildman–Crippen LogP) is 2.33. The fourth-order valence-electron chi connectivity index (χ4n) is 2.30. The maximum Gasteiger partial charge on any atom is 0.307 e. The predicted molar refractivity (Wildman–Crippen MR) is 75.8 cm³/mol. The summed E-state index contributed by atoms with van der Waals surface area (Å²) in [5.74, 6) is -0.934. The normalized spacial score (nSPS) is 10.6. The maximum absolute atomic E-state index is 10.9. The van der Waals surface area contributed by atoms with Crippen molar-refractivity contribution in [2.45, 2.75) is 27.2 Å². The summed E-state index contributed by atoms with van der Waals surface area (Å²) in [6.07, 6.45) is -0.119. The number of nitro benzene ring substituents is 1. The second-order valence-corrected chi connectivity index (χ2v) is 4.92. The second kappa shape index (κ2) is 5.35. The van der Waals surface area contributed by atoms with E-state index in [9.17, 15) is 14.9 Å². The summed E-state index contributed by atoms with van der Waals surface area (Å²) in [5.41, 5.74) is 3.20. The van der Waals surface area contributed by atoms with Crippen LogP contribution in [-0.2, 0) is 11.2 Å². The first-order valence-electron chi connectivity index (χ1n) is 6.33. The van der Waals surface area contributed by atoms with Gasteiger partial charge in [0.15, 0.2) is 0 Å². The Morgan fingerprint density at radius 2 is 2.00 bits per heavy atom. The van der Waals surface area contributed by atoms with Gasteiger partial charge in [0, 0.05) is 23.4 Å². The molecule has 0 unspecified atom stereocenters. The molecule has 1 heterocycles. The van der Waals surface area contributed by atoms with E-state index in [1.54, 1.807) is 31.5 Å². The highest BCUT2D eigenvalue weighted by molar-refractivity contribution is 5.71. The van der Waals surface area contributed by atoms with Crippen LogP contribution in [0.15, 0.2) is 18.2 Å². The molecular formula is C14H15N3O4. The van der Waals surface area contributed by atoms with Gasteiger partial charge in [-0.1, -0.05) is 0 Å². The minimum Gasteiger partial charge on any atom is -0.481 e. The zero-order valence-corrected chi connectivity index (χ0v) is 12.0. The van der Waals surface area contributed by atoms with Crippen LogP contribution in [0, 0.1) is 30.9 Å². The van der Waals surface area contributed by atoms with E-state index in [4.69, 9.17) is 5.11 Å². The van der Waals surface area contributed by atoms with Crippen LogP contribution in [0.5, 0.6) is 0 Å². The number of aryl methyl sites for hydroxylation is 2. The summed E-state index contributed by atoms with van der Waals surface area (Å²) in [5, 5.41) is 24.2. The Balaban J connectivity index is 2.57. The lowest BCUT2D eigenvalue weighted by Gasteiger charge is -2.06. The quantitative estimate of drug-likeness (QED) is 0.688. The number of carboxylic acid groups (broad SMARTS) is 1. The van der Waals surface area contributed by atoms with Gasteiger partial charge in [-0.25, -0.2) is 4.68 Å². The number of rotatable bonds is 4. The van der Waals surface area contributed by atoms with Gasteiger partial charge in [0.2, 0.25) is 0 Å². The number of nitro groups is 1. The van der Waals surface area contributed by atoms with E-state index >= 15 is 0 Å². The average Bonchev–Trinajstić information content (AvgIpc) is 2.65. The van der Waals surface area contributed by atoms with Crippen molar-refractivity contribution in [2.24, 2.45) is 0 Å². The molecule has 0 aliphatic rings. The van der Waals surface area contributed by atoms with Crippen molar-refractivity contribution in [1.82, 2.24) is 9.78 Å². The summed E-state index contributed by atoms with van der Waals surface area (Å²) in [4.78, 5) is 21.4. The molecule has 0 aliphatic heterocycles. The molecule has 0 saturated heterocycles. The fraction of sp³-hybridized carbons (Fsp3) is 0.286. The first kappa shape index (κ1) is 14.7. The van der Waals surface area contributed by atoms with Crippen LogP contribution in [0.4, 0.5) is 5.69 Å². The Labute approximate surface area is 121 Å². The van der Waals surface area contributed by atoms with Gasteiger partial charge >= 0.3 is 5.97 Å². The molecule has 2 aromatic rings. The first-order chi connectivity index (χ1) is 9.79. The van der Waals surface area contributed by atoms with Crippen LogP contribution in [0.2, 0.25) is 0 Å². The van der Waals surface area contributed by atoms with E-state index in [1.807, 2.05) is 0 Å². The fourth-order valence-corrected chi connectivity index (χ4v) is 2.30. The number of hydrogen-bond acceptors (Lipinski definition) is 4. The largest absolute Gasteiger partial charge is 0.481 e. The van der Waals surface area contributed by atoms with E-state index in [1.165, 1.54) is 12.1 Å². The number of benzene rings is 1. The molecule has 0 bridgehead atoms. The number of non-ortho nitro benzene ring substituents is 1. The van der Waals surface area contributed by atoms with Crippen LogP contribution in [0.25, 0.3) is 5.69 Å². The van der Waals surface area contributed by atoms with Crippen LogP contribution in [0.3, 0.4) is 0 Å². The molecule has 0 fully saturated rings. The number of aliphatic carboxylic acids is 1. The lowest BCUT2D eigenvalue weighted by Crippen LogP contribution is -2.04. The van der Waals surface area contributed by atoms with Crippen molar-refractivity contribution in [2.75, 3.05) is 0 Å². The van der Waals surface area contributed by atoms with Crippen molar-refractivity contribution >= 4 is 11.7 Å². The molecule has 0 atom stereocenters. The van der Waals surface area contributed by atoms with Gasteiger partial charge in [0.05, 0.1) is 22.7 Å². The summed E-state index contributed by atoms with van der Waals surface area (Å²) < 4.78 is 1.55. The van der Waals surface area contributed by atoms with E-state index in [0.29, 0.717) is 22.6 Å². The Morgan fingerprint density at radius 1 is 1.33 bits per heavy atom. The molecule has 0 amide bonds. The van der Waals surface area contributed by atoms with E-state index in [-0.39, 0.29) is 12.1 Å². The molecule has 0 aliphatic carbocycles. The zero-order chi connectivity index (χ0) is 15.7. The Hall–Kier alpha value is -2.70. The van der Waals surface area contributed by atoms with Crippen LogP contribution in [-0.4, -0.2) is 25.8 Å². The number of carbonyl (C=O) groups is 1. The summed E-state index contributed by atoms with van der Waals surface area (Å²) in [7, 11) is 0. The monoisotopic (exact) mass is 289 g/mol. The minimum absolute atomic E-state index is 0.0164.